The number of hydrogen-bond donors (Lipinski definition) is 2. The van der Waals surface area contributed by atoms with Crippen molar-refractivity contribution in [2.75, 3.05) is 23.5 Å². The van der Waals surface area contributed by atoms with Gasteiger partial charge in [-0.15, -0.1) is 11.8 Å². The summed E-state index contributed by atoms with van der Waals surface area (Å²) in [5.41, 5.74) is 4.10. The number of pyridine rings is 1. The van der Waals surface area contributed by atoms with E-state index in [0.717, 1.165) is 38.5 Å². The Labute approximate surface area is 185 Å². The molecule has 0 aliphatic carbocycles. The summed E-state index contributed by atoms with van der Waals surface area (Å²) in [6, 6.07) is 25.0. The number of carbonyl (C=O) groups excluding carboxylic acids is 1. The smallest absolute Gasteiger partial charge is 0.323 e. The zero-order chi connectivity index (χ0) is 21.6. The molecule has 0 bridgehead atoms. The zero-order valence-corrected chi connectivity index (χ0v) is 18.2. The summed E-state index contributed by atoms with van der Waals surface area (Å²) >= 11 is 1.63. The lowest BCUT2D eigenvalue weighted by atomic mass is 10.1. The summed E-state index contributed by atoms with van der Waals surface area (Å²) in [7, 11) is 0. The average Bonchev–Trinajstić information content (AvgIpc) is 2.80. The molecule has 0 spiro atoms. The van der Waals surface area contributed by atoms with E-state index in [9.17, 15) is 4.79 Å². The summed E-state index contributed by atoms with van der Waals surface area (Å²) in [5.74, 6) is 0.739. The molecule has 1 heterocycles. The molecule has 0 saturated carbocycles. The molecule has 0 fully saturated rings. The van der Waals surface area contributed by atoms with Gasteiger partial charge in [0, 0.05) is 33.3 Å². The minimum Gasteiger partial charge on any atom is -0.493 e. The monoisotopic (exact) mass is 429 g/mol. The number of fused-ring (bicyclic) bond motifs is 1. The number of nitrogens with zero attached hydrogens (tertiary/aromatic N) is 1. The Morgan fingerprint density at radius 1 is 0.935 bits per heavy atom. The lowest BCUT2D eigenvalue weighted by Crippen LogP contribution is -2.19. The first-order chi connectivity index (χ1) is 15.2. The fraction of sp³-hybridized carbons (Fsp3) is 0.120. The lowest BCUT2D eigenvalue weighted by Gasteiger charge is -2.13. The fourth-order valence-corrected chi connectivity index (χ4v) is 3.76. The first-order valence-corrected chi connectivity index (χ1v) is 11.2. The third-order valence-corrected chi connectivity index (χ3v) is 5.45. The molecule has 0 aliphatic rings. The maximum atomic E-state index is 12.5. The normalized spacial score (nSPS) is 10.6. The third kappa shape index (κ3) is 4.98. The second-order valence-corrected chi connectivity index (χ2v) is 7.73. The summed E-state index contributed by atoms with van der Waals surface area (Å²) in [6.07, 6.45) is 2.00. The van der Waals surface area contributed by atoms with Crippen molar-refractivity contribution >= 4 is 40.1 Å². The summed E-state index contributed by atoms with van der Waals surface area (Å²) in [5, 5.41) is 6.62. The molecular weight excluding hydrogens is 406 g/mol. The number of aromatic nitrogens is 1. The zero-order valence-electron chi connectivity index (χ0n) is 17.4. The number of hydrogen-bond acceptors (Lipinski definition) is 4. The van der Waals surface area contributed by atoms with Gasteiger partial charge in [-0.1, -0.05) is 36.4 Å². The minimum absolute atomic E-state index is 0.301. The van der Waals surface area contributed by atoms with Gasteiger partial charge in [-0.2, -0.15) is 0 Å². The van der Waals surface area contributed by atoms with E-state index in [1.807, 2.05) is 92.0 Å². The second kappa shape index (κ2) is 9.53. The number of rotatable bonds is 6. The molecule has 0 radical (unpaired) electrons. The maximum absolute atomic E-state index is 12.5. The van der Waals surface area contributed by atoms with Gasteiger partial charge in [-0.3, -0.25) is 0 Å². The van der Waals surface area contributed by atoms with Crippen LogP contribution in [0.5, 0.6) is 5.75 Å². The largest absolute Gasteiger partial charge is 0.493 e. The molecular formula is C25H23N3O2S. The first kappa shape index (κ1) is 20.8. The Morgan fingerprint density at radius 3 is 2.45 bits per heavy atom. The van der Waals surface area contributed by atoms with E-state index in [2.05, 4.69) is 10.6 Å². The van der Waals surface area contributed by atoms with Gasteiger partial charge in [0.2, 0.25) is 0 Å². The van der Waals surface area contributed by atoms with E-state index in [1.54, 1.807) is 11.8 Å². The molecule has 0 unspecified atom stereocenters. The molecule has 0 aliphatic heterocycles. The Balaban J connectivity index is 1.60. The Bertz CT molecular complexity index is 1210. The highest BCUT2D eigenvalue weighted by Gasteiger charge is 2.11. The van der Waals surface area contributed by atoms with Crippen molar-refractivity contribution in [2.24, 2.45) is 0 Å². The summed E-state index contributed by atoms with van der Waals surface area (Å²) in [4.78, 5) is 18.4. The van der Waals surface area contributed by atoms with Gasteiger partial charge in [-0.25, -0.2) is 9.78 Å². The van der Waals surface area contributed by atoms with Crippen LogP contribution in [0.25, 0.3) is 22.2 Å². The maximum Gasteiger partial charge on any atom is 0.323 e. The van der Waals surface area contributed by atoms with Crippen LogP contribution in [0.1, 0.15) is 6.92 Å². The lowest BCUT2D eigenvalue weighted by molar-refractivity contribution is 0.262. The molecule has 1 aromatic heterocycles. The predicted octanol–water partition coefficient (Wildman–Crippen LogP) is 6.67. The van der Waals surface area contributed by atoms with Crippen LogP contribution in [-0.2, 0) is 0 Å². The van der Waals surface area contributed by atoms with Gasteiger partial charge in [0.05, 0.1) is 17.8 Å². The summed E-state index contributed by atoms with van der Waals surface area (Å²) in [6.45, 7) is 2.49. The molecule has 0 atom stereocenters. The first-order valence-electron chi connectivity index (χ1n) is 10.0. The number of amides is 2. The molecule has 156 valence electrons. The Morgan fingerprint density at radius 2 is 1.71 bits per heavy atom. The van der Waals surface area contributed by atoms with E-state index in [-0.39, 0.29) is 6.03 Å². The quantitative estimate of drug-likeness (QED) is 0.336. The van der Waals surface area contributed by atoms with Crippen molar-refractivity contribution in [3.63, 3.8) is 0 Å². The fourth-order valence-electron chi connectivity index (χ4n) is 3.30. The van der Waals surface area contributed by atoms with E-state index in [1.165, 1.54) is 0 Å². The average molecular weight is 430 g/mol. The van der Waals surface area contributed by atoms with Gasteiger partial charge in [-0.05, 0) is 49.6 Å². The third-order valence-electron chi connectivity index (χ3n) is 4.73. The van der Waals surface area contributed by atoms with Crippen molar-refractivity contribution in [1.29, 1.82) is 0 Å². The minimum atomic E-state index is -0.301. The van der Waals surface area contributed by atoms with Gasteiger partial charge in [0.25, 0.3) is 0 Å². The number of benzene rings is 3. The number of anilines is 2. The van der Waals surface area contributed by atoms with Crippen LogP contribution in [0.2, 0.25) is 0 Å². The molecule has 5 nitrogen and oxygen atoms in total. The highest BCUT2D eigenvalue weighted by molar-refractivity contribution is 7.98. The topological polar surface area (TPSA) is 63.2 Å². The number of carbonyl (C=O) groups is 1. The van der Waals surface area contributed by atoms with Crippen molar-refractivity contribution in [3.8, 4) is 17.0 Å². The van der Waals surface area contributed by atoms with Gasteiger partial charge in [0.15, 0.2) is 0 Å². The highest BCUT2D eigenvalue weighted by Crippen LogP contribution is 2.32. The van der Waals surface area contributed by atoms with Crippen LogP contribution >= 0.6 is 11.8 Å². The highest BCUT2D eigenvalue weighted by atomic mass is 32.2. The van der Waals surface area contributed by atoms with Gasteiger partial charge in [0.1, 0.15) is 5.75 Å². The van der Waals surface area contributed by atoms with Crippen molar-refractivity contribution in [3.05, 3.63) is 78.9 Å². The molecule has 4 aromatic rings. The molecule has 2 amide bonds. The number of nitrogens with one attached hydrogen (secondary N) is 2. The standard InChI is InChI=1S/C25H23N3O2S/c1-3-30-24-16-23(17-8-5-4-6-9-17)28-22-13-12-19(15-21(22)24)27-25(29)26-18-10-7-11-20(14-18)31-2/h4-16H,3H2,1-2H3,(H2,26,27,29). The molecule has 3 aromatic carbocycles. The van der Waals surface area contributed by atoms with Crippen LogP contribution < -0.4 is 15.4 Å². The summed E-state index contributed by atoms with van der Waals surface area (Å²) < 4.78 is 5.89. The molecule has 4 rings (SSSR count). The van der Waals surface area contributed by atoms with Crippen LogP contribution in [0.15, 0.2) is 83.8 Å². The predicted molar refractivity (Wildman–Crippen MR) is 129 cm³/mol. The van der Waals surface area contributed by atoms with Crippen LogP contribution in [-0.4, -0.2) is 23.9 Å². The van der Waals surface area contributed by atoms with E-state index in [4.69, 9.17) is 9.72 Å². The van der Waals surface area contributed by atoms with Crippen LogP contribution in [0, 0.1) is 0 Å². The van der Waals surface area contributed by atoms with E-state index >= 15 is 0 Å². The number of urea groups is 1. The number of ether oxygens (including phenoxy) is 1. The second-order valence-electron chi connectivity index (χ2n) is 6.85. The molecule has 6 heteroatoms. The molecule has 31 heavy (non-hydrogen) atoms. The Kier molecular flexibility index (Phi) is 6.38. The van der Waals surface area contributed by atoms with Crippen molar-refractivity contribution in [2.45, 2.75) is 11.8 Å². The van der Waals surface area contributed by atoms with Gasteiger partial charge >= 0.3 is 6.03 Å². The van der Waals surface area contributed by atoms with Crippen LogP contribution in [0.3, 0.4) is 0 Å². The Hall–Kier alpha value is -3.51. The molecule has 2 N–H and O–H groups in total. The van der Waals surface area contributed by atoms with Crippen molar-refractivity contribution < 1.29 is 9.53 Å². The van der Waals surface area contributed by atoms with E-state index in [0.29, 0.717) is 12.3 Å². The number of thioether (sulfide) groups is 1. The van der Waals surface area contributed by atoms with E-state index < -0.39 is 0 Å². The SMILES string of the molecule is CCOc1cc(-c2ccccc2)nc2ccc(NC(=O)Nc3cccc(SC)c3)cc12. The van der Waals surface area contributed by atoms with Gasteiger partial charge < -0.3 is 15.4 Å². The van der Waals surface area contributed by atoms with Crippen LogP contribution in [0.4, 0.5) is 16.2 Å². The van der Waals surface area contributed by atoms with Crippen molar-refractivity contribution in [1.82, 2.24) is 4.98 Å². The molecule has 0 saturated heterocycles.